The molecular weight excluding hydrogens is 185 g/mol. The molecule has 0 aromatic carbocycles. The zero-order chi connectivity index (χ0) is 10.3. The molecule has 6 heteroatoms. The van der Waals surface area contributed by atoms with Gasteiger partial charge in [-0.3, -0.25) is 4.48 Å². The molecule has 2 heterocycles. The molecule has 0 saturated carbocycles. The van der Waals surface area contributed by atoms with Crippen LogP contribution in [0.3, 0.4) is 0 Å². The summed E-state index contributed by atoms with van der Waals surface area (Å²) in [6.45, 7) is 0. The van der Waals surface area contributed by atoms with Gasteiger partial charge < -0.3 is 4.98 Å². The van der Waals surface area contributed by atoms with E-state index in [9.17, 15) is 4.39 Å². The summed E-state index contributed by atoms with van der Waals surface area (Å²) < 4.78 is 13.4. The topological polar surface area (TPSA) is 54.5 Å². The highest BCUT2D eigenvalue weighted by molar-refractivity contribution is 5.81. The van der Waals surface area contributed by atoms with Crippen LogP contribution in [0.1, 0.15) is 0 Å². The molecular formula is C8H11FN5+. The average molecular weight is 196 g/mol. The lowest BCUT2D eigenvalue weighted by atomic mass is 10.4. The number of rotatable bonds is 1. The number of nitrogens with one attached hydrogen (secondary N) is 1. The van der Waals surface area contributed by atoms with Crippen LogP contribution >= 0.6 is 0 Å². The molecule has 0 amide bonds. The molecule has 0 radical (unpaired) electrons. The molecule has 2 aromatic rings. The maximum atomic E-state index is 13.0. The number of hydrogen-bond acceptors (Lipinski definition) is 3. The third-order valence-electron chi connectivity index (χ3n) is 1.87. The van der Waals surface area contributed by atoms with Gasteiger partial charge in [0.05, 0.1) is 27.5 Å². The molecule has 0 fully saturated rings. The van der Waals surface area contributed by atoms with Crippen molar-refractivity contribution in [3.8, 4) is 0 Å². The summed E-state index contributed by atoms with van der Waals surface area (Å²) in [5.41, 5.74) is 1.04. The second-order valence-electron chi connectivity index (χ2n) is 3.93. The van der Waals surface area contributed by atoms with Crippen molar-refractivity contribution < 1.29 is 4.39 Å². The summed E-state index contributed by atoms with van der Waals surface area (Å²) in [5, 5.41) is 0. The number of aromatic nitrogens is 4. The van der Waals surface area contributed by atoms with E-state index >= 15 is 0 Å². The molecule has 5 nitrogen and oxygen atoms in total. The van der Waals surface area contributed by atoms with Gasteiger partial charge in [-0.25, -0.2) is 4.98 Å². The molecule has 0 aliphatic rings. The van der Waals surface area contributed by atoms with Crippen molar-refractivity contribution in [2.24, 2.45) is 0 Å². The number of H-pyrrole nitrogens is 1. The lowest BCUT2D eigenvalue weighted by Gasteiger charge is -2.21. The van der Waals surface area contributed by atoms with Gasteiger partial charge in [0.15, 0.2) is 11.2 Å². The number of imidazole rings is 1. The molecule has 0 unspecified atom stereocenters. The number of hydrogen-bond donors (Lipinski definition) is 1. The average Bonchev–Trinajstić information content (AvgIpc) is 2.47. The summed E-state index contributed by atoms with van der Waals surface area (Å²) in [7, 11) is 5.71. The first-order valence-electron chi connectivity index (χ1n) is 4.17. The third kappa shape index (κ3) is 1.33. The highest BCUT2D eigenvalue weighted by Gasteiger charge is 2.22. The second kappa shape index (κ2) is 2.71. The van der Waals surface area contributed by atoms with E-state index in [0.717, 1.165) is 0 Å². The highest BCUT2D eigenvalue weighted by Crippen LogP contribution is 2.21. The van der Waals surface area contributed by atoms with Crippen molar-refractivity contribution in [1.29, 1.82) is 0 Å². The minimum Gasteiger partial charge on any atom is -0.337 e. The molecule has 0 aliphatic carbocycles. The molecule has 1 N–H and O–H groups in total. The van der Waals surface area contributed by atoms with Crippen molar-refractivity contribution in [2.75, 3.05) is 21.1 Å². The Labute approximate surface area is 80.2 Å². The third-order valence-corrected chi connectivity index (χ3v) is 1.87. The van der Waals surface area contributed by atoms with Crippen LogP contribution in [0, 0.1) is 6.08 Å². The van der Waals surface area contributed by atoms with Gasteiger partial charge in [-0.05, 0) is 0 Å². The number of nitrogens with zero attached hydrogens (tertiary/aromatic N) is 4. The Morgan fingerprint density at radius 2 is 2.00 bits per heavy atom. The Balaban J connectivity index is 2.80. The Bertz CT molecular complexity index is 470. The Morgan fingerprint density at radius 3 is 2.64 bits per heavy atom. The fourth-order valence-corrected chi connectivity index (χ4v) is 1.28. The van der Waals surface area contributed by atoms with Crippen LogP contribution in [-0.4, -0.2) is 41.1 Å². The van der Waals surface area contributed by atoms with Crippen molar-refractivity contribution >= 4 is 17.0 Å². The first kappa shape index (κ1) is 9.01. The van der Waals surface area contributed by atoms with Gasteiger partial charge in [-0.15, -0.1) is 4.98 Å². The second-order valence-corrected chi connectivity index (χ2v) is 3.93. The van der Waals surface area contributed by atoms with E-state index in [2.05, 4.69) is 19.9 Å². The van der Waals surface area contributed by atoms with E-state index in [4.69, 9.17) is 0 Å². The predicted octanol–water partition coefficient (Wildman–Crippen LogP) is 0.689. The largest absolute Gasteiger partial charge is 0.337 e. The fourth-order valence-electron chi connectivity index (χ4n) is 1.28. The van der Waals surface area contributed by atoms with Crippen LogP contribution < -0.4 is 4.48 Å². The van der Waals surface area contributed by atoms with Crippen molar-refractivity contribution in [3.63, 3.8) is 0 Å². The normalized spacial score (nSPS) is 12.3. The Hall–Kier alpha value is -1.56. The molecule has 2 rings (SSSR count). The molecule has 0 atom stereocenters. The van der Waals surface area contributed by atoms with E-state index in [1.54, 1.807) is 0 Å². The minimum atomic E-state index is -0.743. The summed E-state index contributed by atoms with van der Waals surface area (Å²) in [4.78, 5) is 14.1. The van der Waals surface area contributed by atoms with Crippen molar-refractivity contribution in [3.05, 3.63) is 12.4 Å². The Morgan fingerprint density at radius 1 is 1.29 bits per heavy atom. The van der Waals surface area contributed by atoms with E-state index in [1.165, 1.54) is 6.33 Å². The van der Waals surface area contributed by atoms with Gasteiger partial charge in [-0.2, -0.15) is 9.37 Å². The van der Waals surface area contributed by atoms with Crippen molar-refractivity contribution in [2.45, 2.75) is 0 Å². The first-order chi connectivity index (χ1) is 6.48. The molecule has 0 spiro atoms. The number of quaternary nitrogens is 1. The molecule has 14 heavy (non-hydrogen) atoms. The van der Waals surface area contributed by atoms with Gasteiger partial charge in [-0.1, -0.05) is 0 Å². The van der Waals surface area contributed by atoms with E-state index in [-0.39, 0.29) is 0 Å². The Kier molecular flexibility index (Phi) is 1.75. The maximum absolute atomic E-state index is 13.0. The van der Waals surface area contributed by atoms with Crippen LogP contribution in [0.5, 0.6) is 0 Å². The van der Waals surface area contributed by atoms with E-state index < -0.39 is 6.08 Å². The molecule has 0 bridgehead atoms. The molecule has 0 saturated heterocycles. The van der Waals surface area contributed by atoms with Crippen molar-refractivity contribution in [1.82, 2.24) is 24.4 Å². The monoisotopic (exact) mass is 196 g/mol. The number of fused-ring (bicyclic) bond motifs is 1. The summed E-state index contributed by atoms with van der Waals surface area (Å²) in [6, 6.07) is 0. The number of halogens is 1. The molecule has 74 valence electrons. The van der Waals surface area contributed by atoms with Gasteiger partial charge in [0.2, 0.25) is 0 Å². The highest BCUT2D eigenvalue weighted by atomic mass is 19.1. The molecule has 0 aliphatic heterocycles. The van der Waals surface area contributed by atoms with Crippen LogP contribution in [-0.2, 0) is 0 Å². The van der Waals surface area contributed by atoms with E-state index in [0.29, 0.717) is 21.5 Å². The standard InChI is InChI=1S/C8H11FN5/c1-14(2,3)7-5-6(11-4-10-5)12-8(9)13-7/h4H,1-3H3,(H,10,11,12,13)/q+1. The smallest absolute Gasteiger partial charge is 0.315 e. The van der Waals surface area contributed by atoms with Gasteiger partial charge in [0, 0.05) is 0 Å². The van der Waals surface area contributed by atoms with Gasteiger partial charge in [0.25, 0.3) is 5.82 Å². The van der Waals surface area contributed by atoms with Crippen LogP contribution in [0.2, 0.25) is 0 Å². The fraction of sp³-hybridized carbons (Fsp3) is 0.375. The van der Waals surface area contributed by atoms with E-state index in [1.807, 2.05) is 21.1 Å². The first-order valence-corrected chi connectivity index (χ1v) is 4.17. The summed E-state index contributed by atoms with van der Waals surface area (Å²) >= 11 is 0. The predicted molar refractivity (Wildman–Crippen MR) is 51.2 cm³/mol. The number of aromatic amines is 1. The summed E-state index contributed by atoms with van der Waals surface area (Å²) in [5.74, 6) is 0.588. The zero-order valence-corrected chi connectivity index (χ0v) is 8.24. The zero-order valence-electron chi connectivity index (χ0n) is 8.24. The summed E-state index contributed by atoms with van der Waals surface area (Å²) in [6.07, 6.45) is 0.741. The SMILES string of the molecule is C[N+](C)(C)c1nc(F)nc2nc[nH]c12. The van der Waals surface area contributed by atoms with Gasteiger partial charge >= 0.3 is 6.08 Å². The van der Waals surface area contributed by atoms with Crippen LogP contribution in [0.25, 0.3) is 11.2 Å². The van der Waals surface area contributed by atoms with Crippen LogP contribution in [0.4, 0.5) is 10.2 Å². The van der Waals surface area contributed by atoms with Crippen LogP contribution in [0.15, 0.2) is 6.33 Å². The molecule has 2 aromatic heterocycles. The lowest BCUT2D eigenvalue weighted by molar-refractivity contribution is 0.455. The quantitative estimate of drug-likeness (QED) is 0.539. The van der Waals surface area contributed by atoms with Gasteiger partial charge in [0.1, 0.15) is 0 Å². The maximum Gasteiger partial charge on any atom is 0.315 e. The lowest BCUT2D eigenvalue weighted by Crippen LogP contribution is -2.36. The minimum absolute atomic E-state index is 0.362.